The topological polar surface area (TPSA) is 47.6 Å². The summed E-state index contributed by atoms with van der Waals surface area (Å²) in [6.45, 7) is 10.3. The zero-order valence-corrected chi connectivity index (χ0v) is 19.2. The maximum absolute atomic E-state index is 12.6. The number of ether oxygens (including phenoxy) is 2. The van der Waals surface area contributed by atoms with Crippen molar-refractivity contribution in [2.45, 2.75) is 71.6 Å². The van der Waals surface area contributed by atoms with E-state index < -0.39 is 0 Å². The Hall–Kier alpha value is -1.52. The fraction of sp³-hybridized carbons (Fsp3) is 0.692. The van der Waals surface area contributed by atoms with E-state index in [2.05, 4.69) is 45.1 Å². The van der Waals surface area contributed by atoms with Crippen LogP contribution in [0.2, 0.25) is 0 Å². The zero-order valence-electron chi connectivity index (χ0n) is 19.2. The first kappa shape index (κ1) is 21.7. The van der Waals surface area contributed by atoms with Crippen LogP contribution in [0, 0.1) is 35.5 Å². The maximum Gasteiger partial charge on any atom is 0.396 e. The van der Waals surface area contributed by atoms with E-state index in [-0.39, 0.29) is 18.2 Å². The molecule has 0 radical (unpaired) electrons. The highest BCUT2D eigenvalue weighted by Crippen LogP contribution is 2.54. The van der Waals surface area contributed by atoms with Crippen LogP contribution in [0.3, 0.4) is 0 Å². The van der Waals surface area contributed by atoms with Gasteiger partial charge in [0.05, 0.1) is 31.2 Å². The number of benzene rings is 1. The molecule has 1 aromatic rings. The molecular weight excluding hydrogens is 374 g/mol. The van der Waals surface area contributed by atoms with Gasteiger partial charge in [-0.1, -0.05) is 27.7 Å². The Morgan fingerprint density at radius 3 is 2.37 bits per heavy atom. The van der Waals surface area contributed by atoms with E-state index in [1.807, 2.05) is 12.1 Å². The van der Waals surface area contributed by atoms with Crippen molar-refractivity contribution in [3.05, 3.63) is 41.3 Å². The second kappa shape index (κ2) is 8.92. The third-order valence-corrected chi connectivity index (χ3v) is 8.16. The molecule has 0 spiro atoms. The molecule has 1 N–H and O–H groups in total. The summed E-state index contributed by atoms with van der Waals surface area (Å²) in [4.78, 5) is 12.6. The minimum Gasteiger partial charge on any atom is -0.455 e. The minimum absolute atomic E-state index is 0.229. The number of methoxy groups -OCH3 is 1. The van der Waals surface area contributed by atoms with Crippen molar-refractivity contribution in [2.75, 3.05) is 13.7 Å². The Morgan fingerprint density at radius 2 is 1.67 bits per heavy atom. The van der Waals surface area contributed by atoms with Crippen LogP contribution in [0.4, 0.5) is 0 Å². The second-order valence-electron chi connectivity index (χ2n) is 9.96. The van der Waals surface area contributed by atoms with Crippen LogP contribution in [-0.2, 0) is 9.47 Å². The molecule has 4 nitrogen and oxygen atoms in total. The number of carbonyl (C=O) groups is 1. The van der Waals surface area contributed by atoms with Gasteiger partial charge in [0.25, 0.3) is 0 Å². The van der Waals surface area contributed by atoms with Crippen molar-refractivity contribution in [1.29, 1.82) is 0 Å². The highest BCUT2D eigenvalue weighted by atomic mass is 16.5. The van der Waals surface area contributed by atoms with Crippen LogP contribution in [0.1, 0.15) is 69.3 Å². The van der Waals surface area contributed by atoms with E-state index in [4.69, 9.17) is 9.47 Å². The quantitative estimate of drug-likeness (QED) is 0.566. The third kappa shape index (κ3) is 3.89. The Labute approximate surface area is 182 Å². The van der Waals surface area contributed by atoms with Crippen LogP contribution < -0.4 is 5.32 Å². The van der Waals surface area contributed by atoms with Crippen molar-refractivity contribution >= 4 is 5.97 Å². The van der Waals surface area contributed by atoms with Crippen LogP contribution >= 0.6 is 0 Å². The predicted octanol–water partition coefficient (Wildman–Crippen LogP) is 4.87. The zero-order chi connectivity index (χ0) is 21.4. The lowest BCUT2D eigenvalue weighted by Gasteiger charge is -2.52. The molecule has 164 valence electrons. The van der Waals surface area contributed by atoms with Crippen molar-refractivity contribution in [3.8, 4) is 0 Å². The van der Waals surface area contributed by atoms with Crippen molar-refractivity contribution in [2.24, 2.45) is 29.6 Å². The summed E-state index contributed by atoms with van der Waals surface area (Å²) in [6.07, 6.45) is 4.91. The lowest BCUT2D eigenvalue weighted by molar-refractivity contribution is -0.147. The standard InChI is InChI=1S/C26H38NO3/c1-6-27-22-14-24-21(12-17(22)4)25(18-9-7-8-10-19(18)26(28)29-5)20-11-15(2)16(3)13-23(20)30-24/h7-10,15-17,20-24,27H,6,11-14H2,1-5H3/q+1. The summed E-state index contributed by atoms with van der Waals surface area (Å²) in [5.41, 5.74) is 1.82. The largest absolute Gasteiger partial charge is 0.455 e. The van der Waals surface area contributed by atoms with E-state index in [0.29, 0.717) is 41.2 Å². The van der Waals surface area contributed by atoms with Crippen LogP contribution in [0.15, 0.2) is 24.3 Å². The van der Waals surface area contributed by atoms with Gasteiger partial charge in [0, 0.05) is 24.1 Å². The smallest absolute Gasteiger partial charge is 0.396 e. The number of carbonyl (C=O) groups excluding carboxylic acids is 1. The molecule has 4 heteroatoms. The average Bonchev–Trinajstić information content (AvgIpc) is 2.74. The third-order valence-electron chi connectivity index (χ3n) is 8.16. The monoisotopic (exact) mass is 412 g/mol. The Bertz CT molecular complexity index is 750. The van der Waals surface area contributed by atoms with Crippen molar-refractivity contribution in [1.82, 2.24) is 5.32 Å². The normalized spacial score (nSPS) is 38.5. The molecule has 8 atom stereocenters. The van der Waals surface area contributed by atoms with Gasteiger partial charge in [0.15, 0.2) is 5.56 Å². The number of hydrogen-bond donors (Lipinski definition) is 1. The Kier molecular flexibility index (Phi) is 6.45. The Balaban J connectivity index is 1.74. The van der Waals surface area contributed by atoms with Crippen molar-refractivity contribution < 1.29 is 14.3 Å². The van der Waals surface area contributed by atoms with E-state index in [1.165, 1.54) is 13.0 Å². The van der Waals surface area contributed by atoms with E-state index in [0.717, 1.165) is 37.8 Å². The molecule has 2 saturated carbocycles. The lowest BCUT2D eigenvalue weighted by atomic mass is 9.58. The molecule has 30 heavy (non-hydrogen) atoms. The summed E-state index contributed by atoms with van der Waals surface area (Å²) in [6, 6.07) is 8.59. The molecule has 3 fully saturated rings. The number of fused-ring (bicyclic) bond motifs is 2. The van der Waals surface area contributed by atoms with Crippen LogP contribution in [0.5, 0.6) is 0 Å². The van der Waals surface area contributed by atoms with Gasteiger partial charge >= 0.3 is 5.97 Å². The van der Waals surface area contributed by atoms with Gasteiger partial charge in [-0.05, 0) is 62.1 Å². The first-order valence-electron chi connectivity index (χ1n) is 11.9. The van der Waals surface area contributed by atoms with Gasteiger partial charge in [-0.2, -0.15) is 0 Å². The highest BCUT2D eigenvalue weighted by molar-refractivity contribution is 5.92. The summed E-state index contributed by atoms with van der Waals surface area (Å²) >= 11 is 0. The molecule has 8 unspecified atom stereocenters. The molecule has 3 aliphatic rings. The SMILES string of the molecule is CCNC1CC2OC3CC(C)C(C)CC3[C+](c3ccccc3C(=O)OC)C2CC1C. The first-order chi connectivity index (χ1) is 14.4. The van der Waals surface area contributed by atoms with Gasteiger partial charge in [-0.25, -0.2) is 4.79 Å². The number of hydrogen-bond acceptors (Lipinski definition) is 4. The van der Waals surface area contributed by atoms with E-state index in [9.17, 15) is 4.79 Å². The van der Waals surface area contributed by atoms with E-state index >= 15 is 0 Å². The molecule has 0 amide bonds. The summed E-state index contributed by atoms with van der Waals surface area (Å²) < 4.78 is 12.0. The van der Waals surface area contributed by atoms with E-state index in [1.54, 1.807) is 0 Å². The van der Waals surface area contributed by atoms with Gasteiger partial charge in [-0.3, -0.25) is 0 Å². The van der Waals surface area contributed by atoms with Gasteiger partial charge in [0.1, 0.15) is 5.56 Å². The molecular formula is C26H38NO3+. The Morgan fingerprint density at radius 1 is 1.03 bits per heavy atom. The fourth-order valence-electron chi connectivity index (χ4n) is 6.33. The molecule has 1 aromatic carbocycles. The number of nitrogens with one attached hydrogen (secondary N) is 1. The lowest BCUT2D eigenvalue weighted by Crippen LogP contribution is -2.56. The molecule has 0 aromatic heterocycles. The molecule has 4 rings (SSSR count). The summed E-state index contributed by atoms with van der Waals surface area (Å²) in [5.74, 6) is 3.94. The molecule has 1 aliphatic heterocycles. The predicted molar refractivity (Wildman–Crippen MR) is 119 cm³/mol. The molecule has 1 heterocycles. The summed E-state index contributed by atoms with van der Waals surface area (Å²) in [5, 5.41) is 3.69. The summed E-state index contributed by atoms with van der Waals surface area (Å²) in [7, 11) is 1.48. The average molecular weight is 413 g/mol. The second-order valence-corrected chi connectivity index (χ2v) is 9.96. The molecule has 2 aliphatic carbocycles. The van der Waals surface area contributed by atoms with Gasteiger partial charge in [0.2, 0.25) is 0 Å². The van der Waals surface area contributed by atoms with Crippen LogP contribution in [0.25, 0.3) is 0 Å². The first-order valence-corrected chi connectivity index (χ1v) is 11.9. The van der Waals surface area contributed by atoms with Gasteiger partial charge < -0.3 is 14.8 Å². The molecule has 0 bridgehead atoms. The number of esters is 1. The molecule has 1 saturated heterocycles. The highest BCUT2D eigenvalue weighted by Gasteiger charge is 2.56. The van der Waals surface area contributed by atoms with Gasteiger partial charge in [-0.15, -0.1) is 0 Å². The number of rotatable bonds is 4. The maximum atomic E-state index is 12.6. The fourth-order valence-corrected chi connectivity index (χ4v) is 6.33. The van der Waals surface area contributed by atoms with Crippen molar-refractivity contribution in [3.63, 3.8) is 0 Å². The van der Waals surface area contributed by atoms with Crippen LogP contribution in [-0.4, -0.2) is 37.9 Å². The minimum atomic E-state index is -0.232.